The van der Waals surface area contributed by atoms with Crippen molar-refractivity contribution in [3.8, 4) is 0 Å². The van der Waals surface area contributed by atoms with Gasteiger partial charge in [0.05, 0.1) is 0 Å². The van der Waals surface area contributed by atoms with Crippen molar-refractivity contribution in [1.82, 2.24) is 9.88 Å². The van der Waals surface area contributed by atoms with E-state index in [9.17, 15) is 9.59 Å². The maximum Gasteiger partial charge on any atom is 0.226 e. The topological polar surface area (TPSA) is 76.3 Å². The Hall–Kier alpha value is -1.91. The van der Waals surface area contributed by atoms with Crippen LogP contribution in [0, 0.1) is 11.8 Å². The zero-order valence-corrected chi connectivity index (χ0v) is 12.1. The molecule has 1 saturated heterocycles. The average Bonchev–Trinajstić information content (AvgIpc) is 3.28. The van der Waals surface area contributed by atoms with E-state index < -0.39 is 0 Å². The molecule has 2 atom stereocenters. The zero-order valence-electron chi connectivity index (χ0n) is 12.1. The number of likely N-dealkylation sites (tertiary alicyclic amines) is 1. The molecule has 0 spiro atoms. The second kappa shape index (κ2) is 5.84. The summed E-state index contributed by atoms with van der Waals surface area (Å²) in [5, 5.41) is 0. The summed E-state index contributed by atoms with van der Waals surface area (Å²) < 4.78 is 0. The minimum atomic E-state index is -0.236. The van der Waals surface area contributed by atoms with Crippen molar-refractivity contribution in [2.24, 2.45) is 17.6 Å². The molecular weight excluding hydrogens is 266 g/mol. The molecule has 5 heteroatoms. The molecule has 2 N–H and O–H groups in total. The predicted molar refractivity (Wildman–Crippen MR) is 78.2 cm³/mol. The predicted octanol–water partition coefficient (Wildman–Crippen LogP) is 1.30. The number of carbonyl (C=O) groups is 2. The Bertz CT molecular complexity index is 524. The van der Waals surface area contributed by atoms with Crippen molar-refractivity contribution in [1.29, 1.82) is 0 Å². The Balaban J connectivity index is 1.51. The number of aromatic nitrogens is 1. The minimum absolute atomic E-state index is 0.139. The molecule has 0 radical (unpaired) electrons. The number of nitrogens with zero attached hydrogens (tertiary/aromatic N) is 2. The van der Waals surface area contributed by atoms with Gasteiger partial charge in [-0.25, -0.2) is 0 Å². The molecule has 2 fully saturated rings. The summed E-state index contributed by atoms with van der Waals surface area (Å²) in [6, 6.07) is 3.99. The molecule has 2 aliphatic rings. The minimum Gasteiger partial charge on any atom is -0.370 e. The van der Waals surface area contributed by atoms with Gasteiger partial charge < -0.3 is 10.6 Å². The summed E-state index contributed by atoms with van der Waals surface area (Å²) >= 11 is 0. The first kappa shape index (κ1) is 14.0. The van der Waals surface area contributed by atoms with E-state index in [1.165, 1.54) is 5.56 Å². The van der Waals surface area contributed by atoms with Gasteiger partial charge in [-0.2, -0.15) is 0 Å². The first-order valence-electron chi connectivity index (χ1n) is 7.62. The first-order valence-corrected chi connectivity index (χ1v) is 7.62. The van der Waals surface area contributed by atoms with Gasteiger partial charge >= 0.3 is 0 Å². The lowest BCUT2D eigenvalue weighted by Gasteiger charge is -2.31. The standard InChI is InChI=1S/C16H21N3O2/c17-15(20)9-11-3-7-19(8-4-11)16(21)14-10-13(14)12-1-5-18-6-2-12/h1-2,5-6,11,13-14H,3-4,7-10H2,(H2,17,20). The highest BCUT2D eigenvalue weighted by atomic mass is 16.2. The third-order valence-corrected chi connectivity index (χ3v) is 4.66. The van der Waals surface area contributed by atoms with Crippen LogP contribution in [0.1, 0.15) is 37.2 Å². The molecule has 21 heavy (non-hydrogen) atoms. The lowest BCUT2D eigenvalue weighted by Crippen LogP contribution is -2.40. The number of primary amides is 1. The number of piperidine rings is 1. The highest BCUT2D eigenvalue weighted by Gasteiger charge is 2.46. The fraction of sp³-hybridized carbons (Fsp3) is 0.562. The lowest BCUT2D eigenvalue weighted by atomic mass is 9.93. The number of rotatable bonds is 4. The summed E-state index contributed by atoms with van der Waals surface area (Å²) in [6.45, 7) is 1.52. The second-order valence-corrected chi connectivity index (χ2v) is 6.17. The Morgan fingerprint density at radius 1 is 1.24 bits per heavy atom. The van der Waals surface area contributed by atoms with E-state index in [1.807, 2.05) is 17.0 Å². The van der Waals surface area contributed by atoms with Gasteiger partial charge in [0.2, 0.25) is 11.8 Å². The smallest absolute Gasteiger partial charge is 0.226 e. The van der Waals surface area contributed by atoms with Crippen molar-refractivity contribution in [3.05, 3.63) is 30.1 Å². The fourth-order valence-electron chi connectivity index (χ4n) is 3.32. The molecule has 0 bridgehead atoms. The Morgan fingerprint density at radius 3 is 2.52 bits per heavy atom. The summed E-state index contributed by atoms with van der Waals surface area (Å²) in [5.74, 6) is 0.889. The Kier molecular flexibility index (Phi) is 3.90. The van der Waals surface area contributed by atoms with E-state index in [2.05, 4.69) is 4.98 Å². The summed E-state index contributed by atoms with van der Waals surface area (Å²) in [7, 11) is 0. The van der Waals surface area contributed by atoms with Gasteiger partial charge in [-0.1, -0.05) is 0 Å². The van der Waals surface area contributed by atoms with Crippen molar-refractivity contribution >= 4 is 11.8 Å². The molecule has 5 nitrogen and oxygen atoms in total. The van der Waals surface area contributed by atoms with Crippen LogP contribution < -0.4 is 5.73 Å². The maximum absolute atomic E-state index is 12.5. The van der Waals surface area contributed by atoms with Crippen LogP contribution in [0.15, 0.2) is 24.5 Å². The zero-order chi connectivity index (χ0) is 14.8. The molecule has 2 amide bonds. The fourth-order valence-corrected chi connectivity index (χ4v) is 3.32. The summed E-state index contributed by atoms with van der Waals surface area (Å²) in [5.41, 5.74) is 6.45. The van der Waals surface area contributed by atoms with Gasteiger partial charge in [-0.15, -0.1) is 0 Å². The van der Waals surface area contributed by atoms with Crippen LogP contribution >= 0.6 is 0 Å². The number of amides is 2. The quantitative estimate of drug-likeness (QED) is 0.906. The normalized spacial score (nSPS) is 25.6. The van der Waals surface area contributed by atoms with Crippen LogP contribution in [0.4, 0.5) is 0 Å². The van der Waals surface area contributed by atoms with Gasteiger partial charge in [0.1, 0.15) is 0 Å². The number of nitrogens with two attached hydrogens (primary N) is 1. The van der Waals surface area contributed by atoms with Crippen molar-refractivity contribution in [2.45, 2.75) is 31.6 Å². The maximum atomic E-state index is 12.5. The highest BCUT2D eigenvalue weighted by molar-refractivity contribution is 5.83. The monoisotopic (exact) mass is 287 g/mol. The molecule has 1 aromatic rings. The molecule has 1 aliphatic carbocycles. The molecule has 2 unspecified atom stereocenters. The summed E-state index contributed by atoms with van der Waals surface area (Å²) in [4.78, 5) is 29.4. The molecule has 1 aliphatic heterocycles. The largest absolute Gasteiger partial charge is 0.370 e. The first-order chi connectivity index (χ1) is 10.1. The van der Waals surface area contributed by atoms with Gasteiger partial charge in [0, 0.05) is 37.8 Å². The molecule has 0 aromatic carbocycles. The third-order valence-electron chi connectivity index (χ3n) is 4.66. The third kappa shape index (κ3) is 3.23. The van der Waals surface area contributed by atoms with Crippen LogP contribution in [-0.4, -0.2) is 34.8 Å². The molecular formula is C16H21N3O2. The van der Waals surface area contributed by atoms with Gasteiger partial charge in [0.25, 0.3) is 0 Å². The summed E-state index contributed by atoms with van der Waals surface area (Å²) in [6.07, 6.45) is 6.74. The van der Waals surface area contributed by atoms with Crippen LogP contribution in [-0.2, 0) is 9.59 Å². The SMILES string of the molecule is NC(=O)CC1CCN(C(=O)C2CC2c2ccncc2)CC1. The van der Waals surface area contributed by atoms with Crippen LogP contribution in [0.25, 0.3) is 0 Å². The van der Waals surface area contributed by atoms with E-state index in [4.69, 9.17) is 5.73 Å². The molecule has 1 aromatic heterocycles. The van der Waals surface area contributed by atoms with Crippen LogP contribution in [0.5, 0.6) is 0 Å². The average molecular weight is 287 g/mol. The number of hydrogen-bond donors (Lipinski definition) is 1. The molecule has 112 valence electrons. The second-order valence-electron chi connectivity index (χ2n) is 6.17. The number of carbonyl (C=O) groups excluding carboxylic acids is 2. The van der Waals surface area contributed by atoms with Crippen LogP contribution in [0.2, 0.25) is 0 Å². The van der Waals surface area contributed by atoms with Gasteiger partial charge in [-0.05, 0) is 48.8 Å². The lowest BCUT2D eigenvalue weighted by molar-refractivity contribution is -0.134. The highest BCUT2D eigenvalue weighted by Crippen LogP contribution is 2.48. The van der Waals surface area contributed by atoms with Crippen molar-refractivity contribution in [3.63, 3.8) is 0 Å². The van der Waals surface area contributed by atoms with Crippen LogP contribution in [0.3, 0.4) is 0 Å². The van der Waals surface area contributed by atoms with E-state index in [0.29, 0.717) is 18.3 Å². The van der Waals surface area contributed by atoms with E-state index in [-0.39, 0.29) is 17.7 Å². The Labute approximate surface area is 124 Å². The van der Waals surface area contributed by atoms with E-state index in [0.717, 1.165) is 32.4 Å². The molecule has 2 heterocycles. The number of pyridine rings is 1. The van der Waals surface area contributed by atoms with Gasteiger partial charge in [0.15, 0.2) is 0 Å². The van der Waals surface area contributed by atoms with Gasteiger partial charge in [-0.3, -0.25) is 14.6 Å². The van der Waals surface area contributed by atoms with E-state index >= 15 is 0 Å². The number of hydrogen-bond acceptors (Lipinski definition) is 3. The van der Waals surface area contributed by atoms with E-state index in [1.54, 1.807) is 12.4 Å². The molecule has 3 rings (SSSR count). The van der Waals surface area contributed by atoms with Crippen molar-refractivity contribution in [2.75, 3.05) is 13.1 Å². The molecule has 1 saturated carbocycles. The Morgan fingerprint density at radius 2 is 1.90 bits per heavy atom. The van der Waals surface area contributed by atoms with Crippen molar-refractivity contribution < 1.29 is 9.59 Å².